The highest BCUT2D eigenvalue weighted by molar-refractivity contribution is 7.12. The van der Waals surface area contributed by atoms with E-state index in [1.54, 1.807) is 29.1 Å². The van der Waals surface area contributed by atoms with Gasteiger partial charge < -0.3 is 14.7 Å². The lowest BCUT2D eigenvalue weighted by molar-refractivity contribution is -0.125. The Kier molecular flexibility index (Phi) is 5.71. The van der Waals surface area contributed by atoms with Crippen LogP contribution in [0.1, 0.15) is 35.2 Å². The second kappa shape index (κ2) is 8.68. The van der Waals surface area contributed by atoms with Crippen LogP contribution in [0.3, 0.4) is 0 Å². The zero-order chi connectivity index (χ0) is 23.1. The molecule has 2 saturated heterocycles. The number of anilines is 1. The molecule has 33 heavy (non-hydrogen) atoms. The van der Waals surface area contributed by atoms with Crippen molar-refractivity contribution in [2.45, 2.75) is 26.2 Å². The van der Waals surface area contributed by atoms with Gasteiger partial charge in [-0.15, -0.1) is 11.3 Å². The van der Waals surface area contributed by atoms with Crippen LogP contribution >= 0.6 is 11.3 Å². The first-order valence-corrected chi connectivity index (χ1v) is 11.9. The molecule has 0 bridgehead atoms. The van der Waals surface area contributed by atoms with Crippen LogP contribution in [-0.2, 0) is 9.53 Å². The van der Waals surface area contributed by atoms with Crippen LogP contribution in [0.4, 0.5) is 5.82 Å². The van der Waals surface area contributed by atoms with Crippen molar-refractivity contribution in [3.8, 4) is 5.13 Å². The summed E-state index contributed by atoms with van der Waals surface area (Å²) >= 11 is 1.33. The van der Waals surface area contributed by atoms with Gasteiger partial charge in [0, 0.05) is 50.5 Å². The second-order valence-corrected chi connectivity index (χ2v) is 9.56. The Morgan fingerprint density at radius 3 is 2.70 bits per heavy atom. The van der Waals surface area contributed by atoms with Crippen LogP contribution in [0.15, 0.2) is 28.6 Å². The molecular weight excluding hydrogens is 444 g/mol. The standard InChI is InChI=1S/C23H24N4O5S/c1-13-8-18(26-10-15(11-26)17(28)9-14-2-5-32-6-3-14)25-21-19(13)20(29)16(22(30)31)12-27(21)23-24-4-7-33-23/h4,7-8,12,14-15H,2-3,5-6,9-11H2,1H3,(H,30,31). The highest BCUT2D eigenvalue weighted by Crippen LogP contribution is 2.30. The number of carbonyl (C=O) groups is 2. The van der Waals surface area contributed by atoms with E-state index in [0.29, 0.717) is 53.4 Å². The van der Waals surface area contributed by atoms with Crippen molar-refractivity contribution >= 4 is 39.9 Å². The molecule has 0 aromatic carbocycles. The Hall–Kier alpha value is -3.11. The Morgan fingerprint density at radius 1 is 1.27 bits per heavy atom. The summed E-state index contributed by atoms with van der Waals surface area (Å²) < 4.78 is 6.94. The molecule has 3 aromatic heterocycles. The van der Waals surface area contributed by atoms with Crippen molar-refractivity contribution in [1.29, 1.82) is 0 Å². The van der Waals surface area contributed by atoms with E-state index >= 15 is 0 Å². The number of carbonyl (C=O) groups excluding carboxylic acids is 1. The molecule has 1 N–H and O–H groups in total. The molecule has 5 heterocycles. The number of ketones is 1. The Balaban J connectivity index is 1.44. The molecular formula is C23H24N4O5S. The molecule has 172 valence electrons. The molecule has 0 radical (unpaired) electrons. The van der Waals surface area contributed by atoms with Gasteiger partial charge in [-0.05, 0) is 37.3 Å². The zero-order valence-corrected chi connectivity index (χ0v) is 19.0. The minimum atomic E-state index is -1.29. The first-order chi connectivity index (χ1) is 15.9. The van der Waals surface area contributed by atoms with Crippen molar-refractivity contribution in [2.24, 2.45) is 11.8 Å². The fourth-order valence-corrected chi connectivity index (χ4v) is 5.16. The molecule has 0 aliphatic carbocycles. The zero-order valence-electron chi connectivity index (χ0n) is 18.2. The van der Waals surface area contributed by atoms with Gasteiger partial charge in [-0.2, -0.15) is 0 Å². The maximum atomic E-state index is 12.9. The summed E-state index contributed by atoms with van der Waals surface area (Å²) in [7, 11) is 0. The van der Waals surface area contributed by atoms with Crippen LogP contribution in [0.5, 0.6) is 0 Å². The highest BCUT2D eigenvalue weighted by Gasteiger charge is 2.35. The van der Waals surface area contributed by atoms with Gasteiger partial charge in [-0.3, -0.25) is 14.2 Å². The summed E-state index contributed by atoms with van der Waals surface area (Å²) in [5.41, 5.74) is 0.130. The number of hydrogen-bond acceptors (Lipinski definition) is 8. The van der Waals surface area contributed by atoms with Gasteiger partial charge in [0.25, 0.3) is 0 Å². The number of thiazole rings is 1. The number of nitrogens with zero attached hydrogens (tertiary/aromatic N) is 4. The molecule has 0 atom stereocenters. The summed E-state index contributed by atoms with van der Waals surface area (Å²) in [5, 5.41) is 12.1. The molecule has 5 rings (SSSR count). The van der Waals surface area contributed by atoms with Gasteiger partial charge in [0.2, 0.25) is 5.43 Å². The fourth-order valence-electron chi connectivity index (χ4n) is 4.54. The van der Waals surface area contributed by atoms with Crippen molar-refractivity contribution in [3.05, 3.63) is 45.2 Å². The number of rotatable bonds is 6. The monoisotopic (exact) mass is 468 g/mol. The Morgan fingerprint density at radius 2 is 2.03 bits per heavy atom. The van der Waals surface area contributed by atoms with E-state index in [1.807, 2.05) is 4.90 Å². The summed E-state index contributed by atoms with van der Waals surface area (Å²) in [5.74, 6) is 0.0762. The molecule has 2 aliphatic heterocycles. The van der Waals surface area contributed by atoms with Gasteiger partial charge in [0.05, 0.1) is 11.3 Å². The lowest BCUT2D eigenvalue weighted by Gasteiger charge is -2.40. The lowest BCUT2D eigenvalue weighted by Crippen LogP contribution is -2.51. The molecule has 0 saturated carbocycles. The van der Waals surface area contributed by atoms with E-state index in [1.165, 1.54) is 17.5 Å². The third-order valence-electron chi connectivity index (χ3n) is 6.49. The number of ether oxygens (including phenoxy) is 1. The van der Waals surface area contributed by atoms with Crippen LogP contribution < -0.4 is 10.3 Å². The maximum Gasteiger partial charge on any atom is 0.341 e. The highest BCUT2D eigenvalue weighted by atomic mass is 32.1. The molecule has 3 aromatic rings. The largest absolute Gasteiger partial charge is 0.477 e. The van der Waals surface area contributed by atoms with E-state index < -0.39 is 11.4 Å². The third kappa shape index (κ3) is 4.04. The van der Waals surface area contributed by atoms with E-state index in [-0.39, 0.29) is 16.9 Å². The SMILES string of the molecule is Cc1cc(N2CC(C(=O)CC3CCOCC3)C2)nc2c1c(=O)c(C(=O)O)cn2-c1nccs1. The number of carboxylic acids is 1. The van der Waals surface area contributed by atoms with E-state index in [4.69, 9.17) is 9.72 Å². The topological polar surface area (TPSA) is 115 Å². The Bertz CT molecular complexity index is 1270. The van der Waals surface area contributed by atoms with Gasteiger partial charge in [-0.1, -0.05) is 0 Å². The smallest absolute Gasteiger partial charge is 0.341 e. The molecule has 9 nitrogen and oxygen atoms in total. The van der Waals surface area contributed by atoms with Crippen LogP contribution in [0.2, 0.25) is 0 Å². The number of carboxylic acid groups (broad SMARTS) is 1. The quantitative estimate of drug-likeness (QED) is 0.587. The molecule has 0 spiro atoms. The van der Waals surface area contributed by atoms with Crippen molar-refractivity contribution in [1.82, 2.24) is 14.5 Å². The summed E-state index contributed by atoms with van der Waals surface area (Å²) in [6, 6.07) is 1.79. The minimum absolute atomic E-state index is 0.0128. The average Bonchev–Trinajstić information content (AvgIpc) is 3.28. The first kappa shape index (κ1) is 21.7. The van der Waals surface area contributed by atoms with Gasteiger partial charge in [0.1, 0.15) is 17.2 Å². The summed E-state index contributed by atoms with van der Waals surface area (Å²) in [4.78, 5) is 48.3. The van der Waals surface area contributed by atoms with Crippen molar-refractivity contribution in [2.75, 3.05) is 31.2 Å². The average molecular weight is 469 g/mol. The third-order valence-corrected chi connectivity index (χ3v) is 7.26. The van der Waals surface area contributed by atoms with E-state index in [2.05, 4.69) is 4.98 Å². The van der Waals surface area contributed by atoms with Crippen molar-refractivity contribution in [3.63, 3.8) is 0 Å². The van der Waals surface area contributed by atoms with Gasteiger partial charge in [-0.25, -0.2) is 14.8 Å². The molecule has 10 heteroatoms. The number of Topliss-reactive ketones (excluding diaryl/α,β-unsaturated/α-hetero) is 1. The molecule has 0 amide bonds. The number of pyridine rings is 2. The molecule has 0 unspecified atom stereocenters. The fraction of sp³-hybridized carbons (Fsp3) is 0.435. The predicted octanol–water partition coefficient (Wildman–Crippen LogP) is 2.67. The maximum absolute atomic E-state index is 12.9. The first-order valence-electron chi connectivity index (χ1n) is 11.0. The predicted molar refractivity (Wildman–Crippen MR) is 124 cm³/mol. The van der Waals surface area contributed by atoms with E-state index in [9.17, 15) is 19.5 Å². The minimum Gasteiger partial charge on any atom is -0.477 e. The molecule has 2 fully saturated rings. The van der Waals surface area contributed by atoms with Gasteiger partial charge >= 0.3 is 5.97 Å². The number of aryl methyl sites for hydroxylation is 1. The second-order valence-electron chi connectivity index (χ2n) is 8.69. The van der Waals surface area contributed by atoms with Crippen LogP contribution in [0, 0.1) is 18.8 Å². The van der Waals surface area contributed by atoms with Crippen LogP contribution in [0.25, 0.3) is 16.2 Å². The summed E-state index contributed by atoms with van der Waals surface area (Å²) in [6.45, 7) is 4.43. The van der Waals surface area contributed by atoms with E-state index in [0.717, 1.165) is 26.1 Å². The number of hydrogen-bond donors (Lipinski definition) is 1. The van der Waals surface area contributed by atoms with Crippen molar-refractivity contribution < 1.29 is 19.4 Å². The number of aromatic nitrogens is 3. The normalized spacial score (nSPS) is 17.3. The number of aromatic carboxylic acids is 1. The lowest BCUT2D eigenvalue weighted by atomic mass is 9.86. The molecule has 2 aliphatic rings. The number of fused-ring (bicyclic) bond motifs is 1. The van der Waals surface area contributed by atoms with Crippen LogP contribution in [-0.4, -0.2) is 57.7 Å². The summed E-state index contributed by atoms with van der Waals surface area (Å²) in [6.07, 6.45) is 5.40. The van der Waals surface area contributed by atoms with Gasteiger partial charge in [0.15, 0.2) is 10.8 Å². The Labute approximate surface area is 193 Å².